The molecule has 32 heavy (non-hydrogen) atoms. The number of anilines is 1. The fraction of sp³-hybridized carbons (Fsp3) is 0.304. The molecular weight excluding hydrogens is 446 g/mol. The Morgan fingerprint density at radius 3 is 2.72 bits per heavy atom. The maximum Gasteiger partial charge on any atom is 0.350 e. The van der Waals surface area contributed by atoms with Crippen molar-refractivity contribution >= 4 is 45.6 Å². The highest BCUT2D eigenvalue weighted by molar-refractivity contribution is 7.18. The van der Waals surface area contributed by atoms with Gasteiger partial charge in [0, 0.05) is 18.7 Å². The number of nitrogens with zero attached hydrogens (tertiary/aromatic N) is 2. The van der Waals surface area contributed by atoms with Crippen molar-refractivity contribution in [1.29, 1.82) is 0 Å². The van der Waals surface area contributed by atoms with Crippen molar-refractivity contribution in [2.75, 3.05) is 25.0 Å². The highest BCUT2D eigenvalue weighted by Crippen LogP contribution is 2.32. The van der Waals surface area contributed by atoms with Crippen LogP contribution in [0.5, 0.6) is 0 Å². The van der Waals surface area contributed by atoms with Crippen molar-refractivity contribution in [3.63, 3.8) is 0 Å². The quantitative estimate of drug-likeness (QED) is 0.536. The second-order valence-corrected chi connectivity index (χ2v) is 9.29. The Bertz CT molecular complexity index is 1100. The molecule has 1 N–H and O–H groups in total. The summed E-state index contributed by atoms with van der Waals surface area (Å²) < 4.78 is 5.18. The Morgan fingerprint density at radius 1 is 1.19 bits per heavy atom. The van der Waals surface area contributed by atoms with Crippen LogP contribution in [0.3, 0.4) is 0 Å². The average Bonchev–Trinajstić information content (AvgIpc) is 3.50. The second kappa shape index (κ2) is 10.1. The summed E-state index contributed by atoms with van der Waals surface area (Å²) in [5.74, 6) is -1.03. The number of likely N-dealkylation sites (tertiary alicyclic amines) is 1. The fourth-order valence-corrected chi connectivity index (χ4v) is 5.21. The van der Waals surface area contributed by atoms with Crippen LogP contribution in [-0.4, -0.2) is 47.4 Å². The molecule has 0 unspecified atom stereocenters. The zero-order valence-corrected chi connectivity index (χ0v) is 19.2. The Labute approximate surface area is 194 Å². The van der Waals surface area contributed by atoms with Gasteiger partial charge in [-0.05, 0) is 31.2 Å². The van der Waals surface area contributed by atoms with E-state index in [2.05, 4.69) is 10.3 Å². The Balaban J connectivity index is 1.50. The van der Waals surface area contributed by atoms with Crippen molar-refractivity contribution < 1.29 is 19.1 Å². The number of esters is 1. The molecule has 0 spiro atoms. The van der Waals surface area contributed by atoms with Crippen LogP contribution in [0.15, 0.2) is 47.8 Å². The van der Waals surface area contributed by atoms with Gasteiger partial charge in [-0.3, -0.25) is 9.59 Å². The van der Waals surface area contributed by atoms with Crippen LogP contribution in [-0.2, 0) is 9.53 Å². The number of thiazole rings is 1. The summed E-state index contributed by atoms with van der Waals surface area (Å²) in [6.45, 7) is 3.01. The summed E-state index contributed by atoms with van der Waals surface area (Å²) in [4.78, 5) is 45.4. The third-order valence-electron chi connectivity index (χ3n) is 5.18. The lowest BCUT2D eigenvalue weighted by molar-refractivity contribution is -0.121. The Morgan fingerprint density at radius 2 is 2.00 bits per heavy atom. The first-order chi connectivity index (χ1) is 15.6. The first kappa shape index (κ1) is 22.2. The summed E-state index contributed by atoms with van der Waals surface area (Å²) >= 11 is 2.51. The van der Waals surface area contributed by atoms with Crippen molar-refractivity contribution in [2.45, 2.75) is 19.8 Å². The molecule has 1 fully saturated rings. The van der Waals surface area contributed by atoms with E-state index in [1.54, 1.807) is 17.9 Å². The number of piperidine rings is 1. The number of aromatic nitrogens is 1. The van der Waals surface area contributed by atoms with E-state index in [9.17, 15) is 14.4 Å². The molecule has 3 aromatic rings. The number of carbonyl (C=O) groups excluding carboxylic acids is 3. The van der Waals surface area contributed by atoms with Crippen LogP contribution < -0.4 is 5.32 Å². The van der Waals surface area contributed by atoms with E-state index in [1.807, 2.05) is 41.8 Å². The molecule has 1 saturated heterocycles. The Hall–Kier alpha value is -3.04. The molecule has 1 aliphatic heterocycles. The predicted octanol–water partition coefficient (Wildman–Crippen LogP) is 4.54. The average molecular weight is 470 g/mol. The molecule has 4 rings (SSSR count). The minimum atomic E-state index is -0.463. The molecule has 2 aromatic heterocycles. The zero-order valence-electron chi connectivity index (χ0n) is 17.6. The predicted molar refractivity (Wildman–Crippen MR) is 125 cm³/mol. The third kappa shape index (κ3) is 4.89. The monoisotopic (exact) mass is 469 g/mol. The van der Waals surface area contributed by atoms with Crippen LogP contribution in [0.25, 0.3) is 11.3 Å². The van der Waals surface area contributed by atoms with E-state index in [0.29, 0.717) is 40.1 Å². The van der Waals surface area contributed by atoms with Crippen LogP contribution in [0.1, 0.15) is 39.1 Å². The van der Waals surface area contributed by atoms with Gasteiger partial charge in [0.15, 0.2) is 5.13 Å². The lowest BCUT2D eigenvalue weighted by Crippen LogP contribution is -2.43. The minimum Gasteiger partial charge on any atom is -0.462 e. The lowest BCUT2D eigenvalue weighted by atomic mass is 9.97. The van der Waals surface area contributed by atoms with Gasteiger partial charge in [-0.25, -0.2) is 9.78 Å². The number of benzene rings is 1. The number of carbonyl (C=O) groups is 3. The van der Waals surface area contributed by atoms with Gasteiger partial charge in [0.05, 0.1) is 23.1 Å². The molecule has 0 saturated carbocycles. The SMILES string of the molecule is CCOC(=O)c1sc(NC(=O)[C@H]2CCCN(C(=O)c3cccs3)C2)nc1-c1ccccc1. The van der Waals surface area contributed by atoms with Gasteiger partial charge < -0.3 is 15.0 Å². The lowest BCUT2D eigenvalue weighted by Gasteiger charge is -2.31. The van der Waals surface area contributed by atoms with E-state index in [0.717, 1.165) is 23.3 Å². The first-order valence-corrected chi connectivity index (χ1v) is 12.1. The highest BCUT2D eigenvalue weighted by atomic mass is 32.1. The molecule has 7 nitrogen and oxygen atoms in total. The summed E-state index contributed by atoms with van der Waals surface area (Å²) in [6.07, 6.45) is 1.46. The standard InChI is InChI=1S/C23H23N3O4S2/c1-2-30-22(29)19-18(15-8-4-3-5-9-15)24-23(32-19)25-20(27)16-10-6-12-26(14-16)21(28)17-11-7-13-31-17/h3-5,7-9,11,13,16H,2,6,10,12,14H2,1H3,(H,24,25,27)/t16-/m0/s1. The number of hydrogen-bond acceptors (Lipinski definition) is 7. The van der Waals surface area contributed by atoms with Crippen LogP contribution in [0, 0.1) is 5.92 Å². The zero-order chi connectivity index (χ0) is 22.5. The molecule has 166 valence electrons. The van der Waals surface area contributed by atoms with Gasteiger partial charge in [0.1, 0.15) is 4.88 Å². The fourth-order valence-electron chi connectivity index (χ4n) is 3.64. The van der Waals surface area contributed by atoms with Crippen LogP contribution in [0.4, 0.5) is 5.13 Å². The molecule has 1 atom stereocenters. The molecule has 1 aromatic carbocycles. The number of amides is 2. The normalized spacial score (nSPS) is 15.9. The molecule has 0 bridgehead atoms. The van der Waals surface area contributed by atoms with Crippen LogP contribution in [0.2, 0.25) is 0 Å². The molecule has 9 heteroatoms. The number of hydrogen-bond donors (Lipinski definition) is 1. The topological polar surface area (TPSA) is 88.6 Å². The summed E-state index contributed by atoms with van der Waals surface area (Å²) in [6, 6.07) is 13.0. The third-order valence-corrected chi connectivity index (χ3v) is 6.99. The van der Waals surface area contributed by atoms with Gasteiger partial charge >= 0.3 is 5.97 Å². The maximum atomic E-state index is 13.0. The van der Waals surface area contributed by atoms with E-state index in [-0.39, 0.29) is 24.3 Å². The Kier molecular flexibility index (Phi) is 6.96. The molecule has 0 aliphatic carbocycles. The van der Waals surface area contributed by atoms with Gasteiger partial charge in [-0.2, -0.15) is 0 Å². The van der Waals surface area contributed by atoms with E-state index < -0.39 is 5.97 Å². The number of ether oxygens (including phenoxy) is 1. The maximum absolute atomic E-state index is 13.0. The van der Waals surface area contributed by atoms with Gasteiger partial charge in [0.25, 0.3) is 5.91 Å². The summed E-state index contributed by atoms with van der Waals surface area (Å²) in [5, 5.41) is 5.08. The highest BCUT2D eigenvalue weighted by Gasteiger charge is 2.30. The van der Waals surface area contributed by atoms with Gasteiger partial charge in [0.2, 0.25) is 5.91 Å². The number of thiophene rings is 1. The number of nitrogens with one attached hydrogen (secondary N) is 1. The molecule has 3 heterocycles. The minimum absolute atomic E-state index is 0.0392. The molecule has 2 amide bonds. The summed E-state index contributed by atoms with van der Waals surface area (Å²) in [7, 11) is 0. The summed E-state index contributed by atoms with van der Waals surface area (Å²) in [5.41, 5.74) is 1.26. The van der Waals surface area contributed by atoms with Crippen LogP contribution >= 0.6 is 22.7 Å². The molecule has 1 aliphatic rings. The van der Waals surface area contributed by atoms with Crippen molar-refractivity contribution in [1.82, 2.24) is 9.88 Å². The van der Waals surface area contributed by atoms with Gasteiger partial charge in [-0.1, -0.05) is 47.7 Å². The van der Waals surface area contributed by atoms with E-state index in [4.69, 9.17) is 4.74 Å². The largest absolute Gasteiger partial charge is 0.462 e. The molecule has 0 radical (unpaired) electrons. The first-order valence-electron chi connectivity index (χ1n) is 10.4. The smallest absolute Gasteiger partial charge is 0.350 e. The van der Waals surface area contributed by atoms with Gasteiger partial charge in [-0.15, -0.1) is 11.3 Å². The number of rotatable bonds is 6. The van der Waals surface area contributed by atoms with E-state index >= 15 is 0 Å². The van der Waals surface area contributed by atoms with Crippen molar-refractivity contribution in [2.24, 2.45) is 5.92 Å². The molecular formula is C23H23N3O4S2. The van der Waals surface area contributed by atoms with Crippen molar-refractivity contribution in [3.05, 3.63) is 57.6 Å². The van der Waals surface area contributed by atoms with E-state index in [1.165, 1.54) is 11.3 Å². The second-order valence-electron chi connectivity index (χ2n) is 7.34. The van der Waals surface area contributed by atoms with Crippen molar-refractivity contribution in [3.8, 4) is 11.3 Å².